The predicted molar refractivity (Wildman–Crippen MR) is 190 cm³/mol. The van der Waals surface area contributed by atoms with Crippen LogP contribution in [0.3, 0.4) is 0 Å². The van der Waals surface area contributed by atoms with E-state index in [9.17, 15) is 29.1 Å². The van der Waals surface area contributed by atoms with Gasteiger partial charge in [-0.15, -0.1) is 0 Å². The number of fused-ring (bicyclic) bond motifs is 2. The highest BCUT2D eigenvalue weighted by Gasteiger charge is 2.44. The molecule has 3 fully saturated rings. The summed E-state index contributed by atoms with van der Waals surface area (Å²) in [5.41, 5.74) is 5.51. The summed E-state index contributed by atoms with van der Waals surface area (Å²) in [4.78, 5) is 75.6. The maximum atomic E-state index is 13.1. The van der Waals surface area contributed by atoms with Crippen molar-refractivity contribution in [2.75, 3.05) is 36.4 Å². The monoisotopic (exact) mass is 705 g/mol. The molecule has 2 atom stereocenters. The van der Waals surface area contributed by atoms with Crippen molar-refractivity contribution in [3.05, 3.63) is 66.1 Å². The highest BCUT2D eigenvalue weighted by molar-refractivity contribution is 6.23. The van der Waals surface area contributed by atoms with Crippen LogP contribution in [0.15, 0.2) is 55.0 Å². The van der Waals surface area contributed by atoms with Crippen LogP contribution in [0.1, 0.15) is 72.2 Å². The van der Waals surface area contributed by atoms with E-state index in [0.717, 1.165) is 64.2 Å². The quantitative estimate of drug-likeness (QED) is 0.170. The van der Waals surface area contributed by atoms with Gasteiger partial charge in [0.25, 0.3) is 11.8 Å². The Morgan fingerprint density at radius 1 is 1.00 bits per heavy atom. The number of anilines is 2. The SMILES string of the molecule is C[C@H]1CN(c2ccc3ncc(-c4cnn([C@H]5C[C@H](CCCNc6ccc7c(c6)C(=O)N(C6CCC(=O)NC6=O)C7=O)C5)c4)nc3c2)CCN1C(=O)O. The van der Waals surface area contributed by atoms with E-state index in [-0.39, 0.29) is 30.0 Å². The third kappa shape index (κ3) is 6.20. The molecule has 1 aliphatic carbocycles. The van der Waals surface area contributed by atoms with E-state index >= 15 is 0 Å². The summed E-state index contributed by atoms with van der Waals surface area (Å²) in [5.74, 6) is -1.46. The van der Waals surface area contributed by atoms with Crippen LogP contribution in [0.25, 0.3) is 22.3 Å². The van der Waals surface area contributed by atoms with Crippen molar-refractivity contribution >= 4 is 52.1 Å². The lowest BCUT2D eigenvalue weighted by atomic mass is 9.77. The standard InChI is InChI=1S/C37H39N9O6/c1-21-19-43(11-12-44(21)37(51)52)25-5-7-29-30(16-25)41-31(18-39-29)23-17-40-45(20-23)26-13-22(14-26)3-2-10-38-24-4-6-27-28(15-24)36(50)46(35(27)49)32-8-9-33(47)42-34(32)48/h4-7,15-18,20-22,26,32,38H,2-3,8-14,19H2,1H3,(H,51,52)(H,42,47,48)/t21-,22-,26-,32?/m0/s1. The van der Waals surface area contributed by atoms with Gasteiger partial charge < -0.3 is 20.2 Å². The molecule has 0 spiro atoms. The molecular weight excluding hydrogens is 666 g/mol. The first-order chi connectivity index (χ1) is 25.1. The Hall–Kier alpha value is -5.86. The summed E-state index contributed by atoms with van der Waals surface area (Å²) in [6.45, 7) is 4.33. The van der Waals surface area contributed by atoms with Crippen molar-refractivity contribution in [3.63, 3.8) is 0 Å². The second kappa shape index (κ2) is 13.4. The molecule has 268 valence electrons. The molecule has 5 heterocycles. The Balaban J connectivity index is 0.818. The first-order valence-corrected chi connectivity index (χ1v) is 17.8. The highest BCUT2D eigenvalue weighted by Crippen LogP contribution is 2.40. The van der Waals surface area contributed by atoms with Crippen molar-refractivity contribution in [1.82, 2.24) is 34.9 Å². The number of carbonyl (C=O) groups excluding carboxylic acids is 4. The number of imide groups is 2. The number of piperazine rings is 1. The molecule has 2 aromatic carbocycles. The summed E-state index contributed by atoms with van der Waals surface area (Å²) in [7, 11) is 0. The molecular formula is C37H39N9O6. The molecule has 15 heteroatoms. The fraction of sp³-hybridized carbons (Fsp3) is 0.405. The van der Waals surface area contributed by atoms with Crippen molar-refractivity contribution in [2.45, 2.75) is 63.6 Å². The zero-order chi connectivity index (χ0) is 36.1. The summed E-state index contributed by atoms with van der Waals surface area (Å²) < 4.78 is 2.02. The normalized spacial score (nSPS) is 23.1. The van der Waals surface area contributed by atoms with Gasteiger partial charge in [0.2, 0.25) is 11.8 Å². The summed E-state index contributed by atoms with van der Waals surface area (Å²) in [5, 5.41) is 19.7. The van der Waals surface area contributed by atoms with Crippen molar-refractivity contribution in [1.29, 1.82) is 0 Å². The van der Waals surface area contributed by atoms with Gasteiger partial charge in [-0.2, -0.15) is 5.10 Å². The van der Waals surface area contributed by atoms with Gasteiger partial charge in [0.15, 0.2) is 0 Å². The minimum Gasteiger partial charge on any atom is -0.465 e. The first-order valence-electron chi connectivity index (χ1n) is 17.8. The Labute approximate surface area is 299 Å². The van der Waals surface area contributed by atoms with Gasteiger partial charge in [0.1, 0.15) is 6.04 Å². The Morgan fingerprint density at radius 2 is 1.83 bits per heavy atom. The number of nitrogens with one attached hydrogen (secondary N) is 2. The molecule has 15 nitrogen and oxygen atoms in total. The number of amides is 5. The number of nitrogens with zero attached hydrogens (tertiary/aromatic N) is 7. The molecule has 3 aliphatic heterocycles. The second-order valence-electron chi connectivity index (χ2n) is 14.2. The summed E-state index contributed by atoms with van der Waals surface area (Å²) >= 11 is 0. The van der Waals surface area contributed by atoms with Gasteiger partial charge >= 0.3 is 6.09 Å². The van der Waals surface area contributed by atoms with Crippen LogP contribution in [-0.4, -0.2) is 103 Å². The fourth-order valence-corrected chi connectivity index (χ4v) is 7.84. The van der Waals surface area contributed by atoms with Crippen LogP contribution in [0, 0.1) is 5.92 Å². The number of hydrogen-bond acceptors (Lipinski definition) is 10. The predicted octanol–water partition coefficient (Wildman–Crippen LogP) is 3.93. The Kier molecular flexibility index (Phi) is 8.55. The number of hydrogen-bond donors (Lipinski definition) is 3. The lowest BCUT2D eigenvalue weighted by molar-refractivity contribution is -0.136. The number of carbonyl (C=O) groups is 5. The molecule has 8 rings (SSSR count). The largest absolute Gasteiger partial charge is 0.465 e. The van der Waals surface area contributed by atoms with Crippen LogP contribution in [0.2, 0.25) is 0 Å². The number of rotatable bonds is 9. The summed E-state index contributed by atoms with van der Waals surface area (Å²) in [6, 6.07) is 10.3. The molecule has 1 saturated carbocycles. The molecule has 3 N–H and O–H groups in total. The number of carboxylic acid groups (broad SMARTS) is 1. The molecule has 4 aliphatic rings. The van der Waals surface area contributed by atoms with E-state index in [0.29, 0.717) is 38.1 Å². The maximum Gasteiger partial charge on any atom is 0.407 e. The van der Waals surface area contributed by atoms with E-state index in [1.807, 2.05) is 42.2 Å². The van der Waals surface area contributed by atoms with Gasteiger partial charge in [-0.3, -0.25) is 39.1 Å². The second-order valence-corrected chi connectivity index (χ2v) is 14.2. The van der Waals surface area contributed by atoms with Gasteiger partial charge in [0, 0.05) is 61.8 Å². The minimum atomic E-state index is -0.978. The molecule has 1 unspecified atom stereocenters. The number of piperidine rings is 1. The van der Waals surface area contributed by atoms with Crippen LogP contribution >= 0.6 is 0 Å². The average molecular weight is 706 g/mol. The minimum absolute atomic E-state index is 0.0856. The van der Waals surface area contributed by atoms with Crippen LogP contribution < -0.4 is 15.5 Å². The van der Waals surface area contributed by atoms with E-state index in [1.54, 1.807) is 24.4 Å². The van der Waals surface area contributed by atoms with Gasteiger partial charge in [-0.1, -0.05) is 0 Å². The lowest BCUT2D eigenvalue weighted by Gasteiger charge is -2.39. The molecule has 52 heavy (non-hydrogen) atoms. The zero-order valence-electron chi connectivity index (χ0n) is 28.7. The van der Waals surface area contributed by atoms with E-state index in [4.69, 9.17) is 4.98 Å². The first kappa shape index (κ1) is 33.3. The molecule has 2 saturated heterocycles. The molecule has 5 amide bonds. The van der Waals surface area contributed by atoms with Crippen LogP contribution in [0.5, 0.6) is 0 Å². The Bertz CT molecular complexity index is 2110. The highest BCUT2D eigenvalue weighted by atomic mass is 16.4. The molecule has 0 bridgehead atoms. The lowest BCUT2D eigenvalue weighted by Crippen LogP contribution is -2.54. The zero-order valence-corrected chi connectivity index (χ0v) is 28.7. The fourth-order valence-electron chi connectivity index (χ4n) is 7.84. The van der Waals surface area contributed by atoms with Gasteiger partial charge in [-0.05, 0) is 81.3 Å². The topological polar surface area (TPSA) is 183 Å². The van der Waals surface area contributed by atoms with Crippen LogP contribution in [0.4, 0.5) is 16.2 Å². The van der Waals surface area contributed by atoms with E-state index in [1.165, 1.54) is 4.90 Å². The Morgan fingerprint density at radius 3 is 2.62 bits per heavy atom. The maximum absolute atomic E-state index is 13.1. The third-order valence-electron chi connectivity index (χ3n) is 10.8. The smallest absolute Gasteiger partial charge is 0.407 e. The average Bonchev–Trinajstić information content (AvgIpc) is 3.69. The summed E-state index contributed by atoms with van der Waals surface area (Å²) in [6.07, 6.45) is 9.04. The molecule has 4 aromatic rings. The van der Waals surface area contributed by atoms with Crippen molar-refractivity contribution in [2.24, 2.45) is 5.92 Å². The van der Waals surface area contributed by atoms with Gasteiger partial charge in [-0.25, -0.2) is 9.78 Å². The van der Waals surface area contributed by atoms with Crippen molar-refractivity contribution in [3.8, 4) is 11.3 Å². The van der Waals surface area contributed by atoms with E-state index in [2.05, 4.69) is 25.6 Å². The number of benzene rings is 2. The molecule has 0 radical (unpaired) electrons. The van der Waals surface area contributed by atoms with Crippen LogP contribution in [-0.2, 0) is 9.59 Å². The molecule has 2 aromatic heterocycles. The number of aromatic nitrogens is 4. The van der Waals surface area contributed by atoms with E-state index < -0.39 is 35.8 Å². The van der Waals surface area contributed by atoms with Gasteiger partial charge in [0.05, 0.1) is 46.3 Å². The van der Waals surface area contributed by atoms with Crippen molar-refractivity contribution < 1.29 is 29.1 Å². The third-order valence-corrected chi connectivity index (χ3v) is 10.8.